The Morgan fingerprint density at radius 1 is 0.970 bits per heavy atom. The predicted molar refractivity (Wildman–Crippen MR) is 130 cm³/mol. The van der Waals surface area contributed by atoms with Crippen molar-refractivity contribution < 1.29 is 13.2 Å². The highest BCUT2D eigenvalue weighted by atomic mass is 32.2. The maximum absolute atomic E-state index is 13.6. The third-order valence-corrected chi connectivity index (χ3v) is 8.13. The van der Waals surface area contributed by atoms with Gasteiger partial charge in [0.15, 0.2) is 0 Å². The van der Waals surface area contributed by atoms with Gasteiger partial charge in [0.05, 0.1) is 17.5 Å². The molecule has 0 heterocycles. The molecule has 5 nitrogen and oxygen atoms in total. The largest absolute Gasteiger partial charge is 0.348 e. The van der Waals surface area contributed by atoms with Crippen LogP contribution < -0.4 is 5.32 Å². The molecule has 1 N–H and O–H groups in total. The first-order chi connectivity index (χ1) is 15.8. The van der Waals surface area contributed by atoms with E-state index in [2.05, 4.69) is 11.4 Å². The smallest absolute Gasteiger partial charge is 0.243 e. The Morgan fingerprint density at radius 2 is 1.70 bits per heavy atom. The molecule has 0 unspecified atom stereocenters. The van der Waals surface area contributed by atoms with Crippen LogP contribution in [0, 0.1) is 13.8 Å². The summed E-state index contributed by atoms with van der Waals surface area (Å²) in [4.78, 5) is 13.3. The summed E-state index contributed by atoms with van der Waals surface area (Å²) in [6.45, 7) is 3.74. The third-order valence-electron chi connectivity index (χ3n) is 6.34. The fourth-order valence-corrected chi connectivity index (χ4v) is 5.81. The highest BCUT2D eigenvalue weighted by Gasteiger charge is 2.29. The summed E-state index contributed by atoms with van der Waals surface area (Å²) < 4.78 is 28.4. The van der Waals surface area contributed by atoms with E-state index in [0.29, 0.717) is 0 Å². The zero-order chi connectivity index (χ0) is 23.4. The van der Waals surface area contributed by atoms with Gasteiger partial charge < -0.3 is 5.32 Å². The number of nitrogens with one attached hydrogen (secondary N) is 1. The minimum Gasteiger partial charge on any atom is -0.348 e. The van der Waals surface area contributed by atoms with E-state index in [1.54, 1.807) is 12.1 Å². The topological polar surface area (TPSA) is 66.5 Å². The molecule has 1 amide bonds. The second-order valence-electron chi connectivity index (χ2n) is 8.72. The van der Waals surface area contributed by atoms with Crippen LogP contribution in [-0.2, 0) is 27.8 Å². The lowest BCUT2D eigenvalue weighted by Gasteiger charge is -2.28. The Kier molecular flexibility index (Phi) is 6.96. The number of benzene rings is 3. The van der Waals surface area contributed by atoms with E-state index in [1.807, 2.05) is 68.4 Å². The number of nitrogens with zero attached hydrogens (tertiary/aromatic N) is 1. The first-order valence-corrected chi connectivity index (χ1v) is 12.8. The average Bonchev–Trinajstić information content (AvgIpc) is 2.81. The molecule has 4 rings (SSSR count). The molecule has 1 atom stereocenters. The van der Waals surface area contributed by atoms with Crippen LogP contribution in [-0.4, -0.2) is 25.2 Å². The Labute approximate surface area is 196 Å². The molecule has 0 bridgehead atoms. The predicted octanol–water partition coefficient (Wildman–Crippen LogP) is 4.69. The SMILES string of the molecule is Cc1ccc(S(=O)(=O)N(CC(=O)N[C@@H]2CCCc3ccccc32)Cc2ccccc2)cc1C. The van der Waals surface area contributed by atoms with Gasteiger partial charge in [-0.3, -0.25) is 4.79 Å². The van der Waals surface area contributed by atoms with Crippen molar-refractivity contribution >= 4 is 15.9 Å². The highest BCUT2D eigenvalue weighted by Crippen LogP contribution is 2.29. The van der Waals surface area contributed by atoms with Gasteiger partial charge >= 0.3 is 0 Å². The summed E-state index contributed by atoms with van der Waals surface area (Å²) in [5.41, 5.74) is 5.14. The zero-order valence-corrected chi connectivity index (χ0v) is 19.9. The van der Waals surface area contributed by atoms with E-state index in [9.17, 15) is 13.2 Å². The van der Waals surface area contributed by atoms with Crippen LogP contribution in [0.5, 0.6) is 0 Å². The molecule has 1 aliphatic rings. The normalized spacial score (nSPS) is 15.8. The van der Waals surface area contributed by atoms with Gasteiger partial charge in [0.2, 0.25) is 15.9 Å². The van der Waals surface area contributed by atoms with Crippen molar-refractivity contribution in [3.63, 3.8) is 0 Å². The van der Waals surface area contributed by atoms with Crippen LogP contribution in [0.2, 0.25) is 0 Å². The van der Waals surface area contributed by atoms with Gasteiger partial charge in [0, 0.05) is 6.54 Å². The number of sulfonamides is 1. The monoisotopic (exact) mass is 462 g/mol. The second-order valence-corrected chi connectivity index (χ2v) is 10.7. The molecule has 0 saturated carbocycles. The highest BCUT2D eigenvalue weighted by molar-refractivity contribution is 7.89. The summed E-state index contributed by atoms with van der Waals surface area (Å²) in [6, 6.07) is 22.5. The standard InChI is InChI=1S/C27H30N2O3S/c1-20-15-16-24(17-21(20)2)33(31,32)29(18-22-9-4-3-5-10-22)19-27(30)28-26-14-8-12-23-11-6-7-13-25(23)26/h3-7,9-11,13,15-17,26H,8,12,14,18-19H2,1-2H3,(H,28,30)/t26-/m1/s1. The van der Waals surface area contributed by atoms with Gasteiger partial charge in [-0.15, -0.1) is 0 Å². The number of hydrogen-bond acceptors (Lipinski definition) is 3. The minimum atomic E-state index is -3.86. The number of amides is 1. The molecule has 0 fully saturated rings. The van der Waals surface area contributed by atoms with Gasteiger partial charge in [0.25, 0.3) is 0 Å². The molecule has 0 aromatic heterocycles. The fraction of sp³-hybridized carbons (Fsp3) is 0.296. The van der Waals surface area contributed by atoms with E-state index in [4.69, 9.17) is 0 Å². The van der Waals surface area contributed by atoms with Gasteiger partial charge in [0.1, 0.15) is 0 Å². The third kappa shape index (κ3) is 5.34. The molecule has 3 aromatic carbocycles. The fourth-order valence-electron chi connectivity index (χ4n) is 4.34. The lowest BCUT2D eigenvalue weighted by Crippen LogP contribution is -2.42. The van der Waals surface area contributed by atoms with Crippen molar-refractivity contribution in [1.82, 2.24) is 9.62 Å². The van der Waals surface area contributed by atoms with Crippen molar-refractivity contribution in [3.05, 3.63) is 101 Å². The van der Waals surface area contributed by atoms with Crippen LogP contribution in [0.3, 0.4) is 0 Å². The van der Waals surface area contributed by atoms with Crippen LogP contribution in [0.4, 0.5) is 0 Å². The summed E-state index contributed by atoms with van der Waals surface area (Å²) >= 11 is 0. The number of fused-ring (bicyclic) bond motifs is 1. The number of carbonyl (C=O) groups is 1. The molecular formula is C27H30N2O3S. The van der Waals surface area contributed by atoms with E-state index in [0.717, 1.165) is 41.5 Å². The number of aryl methyl sites for hydroxylation is 3. The van der Waals surface area contributed by atoms with Crippen molar-refractivity contribution in [2.24, 2.45) is 0 Å². The zero-order valence-electron chi connectivity index (χ0n) is 19.1. The molecule has 6 heteroatoms. The second kappa shape index (κ2) is 9.89. The van der Waals surface area contributed by atoms with E-state index in [-0.39, 0.29) is 29.9 Å². The maximum atomic E-state index is 13.6. The summed E-state index contributed by atoms with van der Waals surface area (Å²) in [5.74, 6) is -0.292. The van der Waals surface area contributed by atoms with E-state index >= 15 is 0 Å². The van der Waals surface area contributed by atoms with Gasteiger partial charge in [-0.05, 0) is 73.1 Å². The molecule has 0 radical (unpaired) electrons. The quantitative estimate of drug-likeness (QED) is 0.554. The van der Waals surface area contributed by atoms with Crippen molar-refractivity contribution in [3.8, 4) is 0 Å². The first-order valence-electron chi connectivity index (χ1n) is 11.3. The molecule has 0 spiro atoms. The van der Waals surface area contributed by atoms with Gasteiger partial charge in [-0.1, -0.05) is 60.7 Å². The van der Waals surface area contributed by atoms with Crippen molar-refractivity contribution in [2.75, 3.05) is 6.54 Å². The Bertz CT molecular complexity index is 1240. The Balaban J connectivity index is 1.59. The van der Waals surface area contributed by atoms with Gasteiger partial charge in [-0.25, -0.2) is 8.42 Å². The van der Waals surface area contributed by atoms with Crippen LogP contribution in [0.1, 0.15) is 46.7 Å². The Hall–Kier alpha value is -2.96. The summed E-state index contributed by atoms with van der Waals surface area (Å²) in [7, 11) is -3.86. The molecule has 3 aromatic rings. The molecule has 33 heavy (non-hydrogen) atoms. The molecule has 0 aliphatic heterocycles. The van der Waals surface area contributed by atoms with Crippen molar-refractivity contribution in [1.29, 1.82) is 0 Å². The van der Waals surface area contributed by atoms with Gasteiger partial charge in [-0.2, -0.15) is 4.31 Å². The lowest BCUT2D eigenvalue weighted by molar-refractivity contribution is -0.122. The Morgan fingerprint density at radius 3 is 2.45 bits per heavy atom. The van der Waals surface area contributed by atoms with Crippen LogP contribution in [0.15, 0.2) is 77.7 Å². The maximum Gasteiger partial charge on any atom is 0.243 e. The number of hydrogen-bond donors (Lipinski definition) is 1. The molecular weight excluding hydrogens is 432 g/mol. The lowest BCUT2D eigenvalue weighted by atomic mass is 9.88. The van der Waals surface area contributed by atoms with Crippen LogP contribution >= 0.6 is 0 Å². The minimum absolute atomic E-state index is 0.0923. The molecule has 1 aliphatic carbocycles. The number of carbonyl (C=O) groups excluding carboxylic acids is 1. The summed E-state index contributed by atoms with van der Waals surface area (Å²) in [6.07, 6.45) is 2.85. The van der Waals surface area contributed by atoms with E-state index in [1.165, 1.54) is 9.87 Å². The summed E-state index contributed by atoms with van der Waals surface area (Å²) in [5, 5.41) is 3.09. The molecule has 0 saturated heterocycles. The van der Waals surface area contributed by atoms with Crippen LogP contribution in [0.25, 0.3) is 0 Å². The first kappa shape index (κ1) is 23.2. The van der Waals surface area contributed by atoms with E-state index < -0.39 is 10.0 Å². The molecule has 172 valence electrons. The van der Waals surface area contributed by atoms with Crippen molar-refractivity contribution in [2.45, 2.75) is 50.6 Å². The number of rotatable bonds is 7. The average molecular weight is 463 g/mol.